The highest BCUT2D eigenvalue weighted by Gasteiger charge is 2.31. The Morgan fingerprint density at radius 3 is 2.50 bits per heavy atom. The van der Waals surface area contributed by atoms with Crippen LogP contribution in [0.2, 0.25) is 0 Å². The van der Waals surface area contributed by atoms with E-state index in [4.69, 9.17) is 0 Å². The molecule has 0 atom stereocenters. The minimum absolute atomic E-state index is 0.141. The largest absolute Gasteiger partial charge is 0.336 e. The lowest BCUT2D eigenvalue weighted by molar-refractivity contribution is -0.130. The predicted octanol–water partition coefficient (Wildman–Crippen LogP) is 2.92. The van der Waals surface area contributed by atoms with Gasteiger partial charge in [-0.25, -0.2) is 17.7 Å². The van der Waals surface area contributed by atoms with Crippen LogP contribution in [0.3, 0.4) is 0 Å². The highest BCUT2D eigenvalue weighted by molar-refractivity contribution is 7.93. The topological polar surface area (TPSA) is 70.6 Å². The number of sulfonamides is 1. The zero-order valence-electron chi connectivity index (χ0n) is 15.1. The average Bonchev–Trinajstić information content (AvgIpc) is 3.26. The van der Waals surface area contributed by atoms with Gasteiger partial charge in [-0.2, -0.15) is 0 Å². The fraction of sp³-hybridized carbons (Fsp3) is 0.200. The summed E-state index contributed by atoms with van der Waals surface area (Å²) < 4.78 is 27.4. The Morgan fingerprint density at radius 1 is 1.07 bits per heavy atom. The van der Waals surface area contributed by atoms with Crippen molar-refractivity contribution >= 4 is 32.4 Å². The van der Waals surface area contributed by atoms with Gasteiger partial charge < -0.3 is 4.90 Å². The van der Waals surface area contributed by atoms with E-state index in [1.807, 2.05) is 18.2 Å². The van der Waals surface area contributed by atoms with Gasteiger partial charge in [-0.05, 0) is 29.7 Å². The van der Waals surface area contributed by atoms with Gasteiger partial charge in [-0.3, -0.25) is 4.79 Å². The molecule has 0 spiro atoms. The molecule has 0 saturated carbocycles. The number of carbonyl (C=O) groups excluding carboxylic acids is 1. The van der Waals surface area contributed by atoms with Gasteiger partial charge in [-0.1, -0.05) is 42.5 Å². The van der Waals surface area contributed by atoms with Crippen LogP contribution in [-0.2, 0) is 27.8 Å². The highest BCUT2D eigenvalue weighted by atomic mass is 32.2. The molecule has 0 N–H and O–H groups in total. The van der Waals surface area contributed by atoms with Crippen molar-refractivity contribution in [3.05, 3.63) is 77.3 Å². The fourth-order valence-electron chi connectivity index (χ4n) is 3.25. The van der Waals surface area contributed by atoms with Crippen molar-refractivity contribution in [1.29, 1.82) is 0 Å². The van der Waals surface area contributed by atoms with E-state index in [1.165, 1.54) is 35.2 Å². The maximum absolute atomic E-state index is 13.2. The van der Waals surface area contributed by atoms with Gasteiger partial charge >= 0.3 is 0 Å². The number of carbonyl (C=O) groups is 1. The molecule has 144 valence electrons. The standard InChI is InChI=1S/C20H19N3O3S2/c24-19(22-12-10-16-6-4-5-7-17(16)14-22)15-23(20-21-11-13-27-20)28(25,26)18-8-2-1-3-9-18/h1-9,11,13H,10,12,14-15H2. The molecule has 0 bridgehead atoms. The molecule has 3 aromatic rings. The SMILES string of the molecule is O=C(CN(c1nccs1)S(=O)(=O)c1ccccc1)N1CCc2ccccc2C1. The lowest BCUT2D eigenvalue weighted by atomic mass is 10.00. The number of hydrogen-bond donors (Lipinski definition) is 0. The molecular formula is C20H19N3O3S2. The molecule has 1 aliphatic heterocycles. The summed E-state index contributed by atoms with van der Waals surface area (Å²) in [6.07, 6.45) is 2.31. The molecule has 2 heterocycles. The first-order valence-electron chi connectivity index (χ1n) is 8.87. The van der Waals surface area contributed by atoms with Crippen LogP contribution < -0.4 is 4.31 Å². The first-order chi connectivity index (χ1) is 13.6. The Bertz CT molecular complexity index is 1070. The van der Waals surface area contributed by atoms with E-state index in [-0.39, 0.29) is 22.5 Å². The van der Waals surface area contributed by atoms with E-state index in [9.17, 15) is 13.2 Å². The number of rotatable bonds is 5. The third kappa shape index (κ3) is 3.65. The Hall–Kier alpha value is -2.71. The average molecular weight is 414 g/mol. The van der Waals surface area contributed by atoms with Gasteiger partial charge in [0.1, 0.15) is 6.54 Å². The van der Waals surface area contributed by atoms with Crippen molar-refractivity contribution in [1.82, 2.24) is 9.88 Å². The number of nitrogens with zero attached hydrogens (tertiary/aromatic N) is 3. The molecule has 1 amide bonds. The first kappa shape index (κ1) is 18.6. The third-order valence-electron chi connectivity index (χ3n) is 4.73. The van der Waals surface area contributed by atoms with Gasteiger partial charge in [0.2, 0.25) is 5.91 Å². The Morgan fingerprint density at radius 2 is 1.79 bits per heavy atom. The second kappa shape index (κ2) is 7.73. The summed E-state index contributed by atoms with van der Waals surface area (Å²) in [5.74, 6) is -0.232. The van der Waals surface area contributed by atoms with Crippen LogP contribution in [0.1, 0.15) is 11.1 Å². The minimum Gasteiger partial charge on any atom is -0.336 e. The number of hydrogen-bond acceptors (Lipinski definition) is 5. The first-order valence-corrected chi connectivity index (χ1v) is 11.2. The lowest BCUT2D eigenvalue weighted by Gasteiger charge is -2.31. The molecule has 8 heteroatoms. The number of thiazole rings is 1. The summed E-state index contributed by atoms with van der Waals surface area (Å²) in [6.45, 7) is 0.798. The molecular weight excluding hydrogens is 394 g/mol. The number of anilines is 1. The van der Waals surface area contributed by atoms with Crippen LogP contribution in [0.15, 0.2) is 71.1 Å². The van der Waals surface area contributed by atoms with Crippen molar-refractivity contribution in [2.45, 2.75) is 17.9 Å². The third-order valence-corrected chi connectivity index (χ3v) is 7.39. The summed E-state index contributed by atoms with van der Waals surface area (Å²) in [5.41, 5.74) is 2.34. The molecule has 6 nitrogen and oxygen atoms in total. The number of amides is 1. The zero-order chi connectivity index (χ0) is 19.6. The van der Waals surface area contributed by atoms with Gasteiger partial charge in [-0.15, -0.1) is 11.3 Å². The Balaban J connectivity index is 1.60. The van der Waals surface area contributed by atoms with E-state index in [2.05, 4.69) is 11.1 Å². The van der Waals surface area contributed by atoms with Crippen LogP contribution in [0.5, 0.6) is 0 Å². The van der Waals surface area contributed by atoms with Gasteiger partial charge in [0.15, 0.2) is 5.13 Å². The lowest BCUT2D eigenvalue weighted by Crippen LogP contribution is -2.44. The highest BCUT2D eigenvalue weighted by Crippen LogP contribution is 2.26. The molecule has 0 aliphatic carbocycles. The van der Waals surface area contributed by atoms with Crippen LogP contribution in [-0.4, -0.2) is 37.3 Å². The smallest absolute Gasteiger partial charge is 0.266 e. The number of aromatic nitrogens is 1. The van der Waals surface area contributed by atoms with Crippen LogP contribution in [0, 0.1) is 0 Å². The van der Waals surface area contributed by atoms with Crippen molar-refractivity contribution in [3.63, 3.8) is 0 Å². The number of fused-ring (bicyclic) bond motifs is 1. The zero-order valence-corrected chi connectivity index (χ0v) is 16.7. The van der Waals surface area contributed by atoms with Crippen molar-refractivity contribution in [2.75, 3.05) is 17.4 Å². The quantitative estimate of drug-likeness (QED) is 0.645. The minimum atomic E-state index is -3.88. The second-order valence-corrected chi connectivity index (χ2v) is 9.21. The van der Waals surface area contributed by atoms with Gasteiger partial charge in [0, 0.05) is 24.7 Å². The summed E-state index contributed by atoms with van der Waals surface area (Å²) in [4.78, 5) is 19.0. The predicted molar refractivity (Wildman–Crippen MR) is 109 cm³/mol. The maximum Gasteiger partial charge on any atom is 0.266 e. The van der Waals surface area contributed by atoms with Crippen LogP contribution >= 0.6 is 11.3 Å². The second-order valence-electron chi connectivity index (χ2n) is 6.47. The fourth-order valence-corrected chi connectivity index (χ4v) is 5.51. The normalized spacial score (nSPS) is 13.8. The summed E-state index contributed by atoms with van der Waals surface area (Å²) in [7, 11) is -3.88. The molecule has 0 saturated heterocycles. The maximum atomic E-state index is 13.2. The van der Waals surface area contributed by atoms with Crippen LogP contribution in [0.25, 0.3) is 0 Å². The molecule has 0 unspecified atom stereocenters. The van der Waals surface area contributed by atoms with E-state index >= 15 is 0 Å². The van der Waals surface area contributed by atoms with Crippen molar-refractivity contribution in [2.24, 2.45) is 0 Å². The number of benzene rings is 2. The van der Waals surface area contributed by atoms with E-state index in [1.54, 1.807) is 28.5 Å². The molecule has 0 radical (unpaired) electrons. The van der Waals surface area contributed by atoms with E-state index < -0.39 is 10.0 Å². The summed E-state index contributed by atoms with van der Waals surface area (Å²) >= 11 is 1.19. The van der Waals surface area contributed by atoms with E-state index in [0.29, 0.717) is 13.1 Å². The Kier molecular flexibility index (Phi) is 5.15. The Labute approximate surface area is 168 Å². The summed E-state index contributed by atoms with van der Waals surface area (Å²) in [5, 5.41) is 1.99. The summed E-state index contributed by atoms with van der Waals surface area (Å²) in [6, 6.07) is 16.2. The van der Waals surface area contributed by atoms with Gasteiger partial charge in [0.05, 0.1) is 4.90 Å². The molecule has 1 aliphatic rings. The molecule has 1 aromatic heterocycles. The van der Waals surface area contributed by atoms with Crippen molar-refractivity contribution < 1.29 is 13.2 Å². The van der Waals surface area contributed by atoms with Gasteiger partial charge in [0.25, 0.3) is 10.0 Å². The van der Waals surface area contributed by atoms with E-state index in [0.717, 1.165) is 16.3 Å². The molecule has 28 heavy (non-hydrogen) atoms. The molecule has 2 aromatic carbocycles. The monoisotopic (exact) mass is 413 g/mol. The molecule has 0 fully saturated rings. The van der Waals surface area contributed by atoms with Crippen LogP contribution in [0.4, 0.5) is 5.13 Å². The van der Waals surface area contributed by atoms with Crippen molar-refractivity contribution in [3.8, 4) is 0 Å². The molecule has 4 rings (SSSR count).